The average molecular weight is 299 g/mol. The second-order valence-corrected chi connectivity index (χ2v) is 4.49. The second kappa shape index (κ2) is 7.17. The van der Waals surface area contributed by atoms with Crippen molar-refractivity contribution in [3.63, 3.8) is 0 Å². The molecule has 22 heavy (non-hydrogen) atoms. The van der Waals surface area contributed by atoms with E-state index in [9.17, 15) is 9.90 Å². The number of ether oxygens (including phenoxy) is 2. The van der Waals surface area contributed by atoms with Gasteiger partial charge in [0.25, 0.3) is 0 Å². The number of anilines is 1. The van der Waals surface area contributed by atoms with Crippen molar-refractivity contribution in [2.24, 2.45) is 0 Å². The van der Waals surface area contributed by atoms with Crippen LogP contribution in [0.4, 0.5) is 5.69 Å². The van der Waals surface area contributed by atoms with Crippen LogP contribution in [0, 0.1) is 0 Å². The number of methoxy groups -OCH3 is 2. The lowest BCUT2D eigenvalue weighted by Crippen LogP contribution is -2.07. The van der Waals surface area contributed by atoms with Gasteiger partial charge in [-0.2, -0.15) is 0 Å². The predicted molar refractivity (Wildman–Crippen MR) is 85.3 cm³/mol. The molecule has 0 unspecified atom stereocenters. The van der Waals surface area contributed by atoms with Crippen LogP contribution in [0.2, 0.25) is 0 Å². The van der Waals surface area contributed by atoms with Gasteiger partial charge in [0, 0.05) is 17.8 Å². The highest BCUT2D eigenvalue weighted by Gasteiger charge is 2.02. The molecule has 0 radical (unpaired) electrons. The van der Waals surface area contributed by atoms with E-state index in [4.69, 9.17) is 9.47 Å². The van der Waals surface area contributed by atoms with E-state index in [0.717, 1.165) is 0 Å². The maximum Gasteiger partial charge on any atom is 0.248 e. The third-order valence-electron chi connectivity index (χ3n) is 2.97. The minimum absolute atomic E-state index is 0.0258. The third-order valence-corrected chi connectivity index (χ3v) is 2.97. The van der Waals surface area contributed by atoms with Crippen LogP contribution in [0.5, 0.6) is 17.2 Å². The molecule has 0 atom stereocenters. The van der Waals surface area contributed by atoms with Crippen LogP contribution in [0.15, 0.2) is 48.5 Å². The summed E-state index contributed by atoms with van der Waals surface area (Å²) in [7, 11) is 3.04. The molecule has 2 N–H and O–H groups in total. The van der Waals surface area contributed by atoms with Crippen LogP contribution in [0.1, 0.15) is 5.56 Å². The molecular weight excluding hydrogens is 282 g/mol. The zero-order chi connectivity index (χ0) is 15.9. The zero-order valence-electron chi connectivity index (χ0n) is 12.4. The maximum atomic E-state index is 11.9. The number of benzene rings is 2. The van der Waals surface area contributed by atoms with E-state index in [1.54, 1.807) is 49.6 Å². The highest BCUT2D eigenvalue weighted by atomic mass is 16.5. The number of rotatable bonds is 5. The number of hydrogen-bond acceptors (Lipinski definition) is 4. The lowest BCUT2D eigenvalue weighted by atomic mass is 10.2. The number of aromatic hydroxyl groups is 1. The molecule has 2 aromatic rings. The van der Waals surface area contributed by atoms with Crippen LogP contribution in [0.3, 0.4) is 0 Å². The van der Waals surface area contributed by atoms with Gasteiger partial charge in [-0.25, -0.2) is 0 Å². The quantitative estimate of drug-likeness (QED) is 0.833. The van der Waals surface area contributed by atoms with Crippen molar-refractivity contribution in [1.82, 2.24) is 0 Å². The molecule has 2 aromatic carbocycles. The summed E-state index contributed by atoms with van der Waals surface area (Å²) in [5.74, 6) is 0.807. The molecule has 114 valence electrons. The smallest absolute Gasteiger partial charge is 0.248 e. The Balaban J connectivity index is 2.03. The van der Waals surface area contributed by atoms with Gasteiger partial charge in [-0.15, -0.1) is 0 Å². The van der Waals surface area contributed by atoms with Gasteiger partial charge in [0.05, 0.1) is 14.2 Å². The molecular formula is C17H17NO4. The van der Waals surface area contributed by atoms with Crippen molar-refractivity contribution in [2.75, 3.05) is 19.5 Å². The monoisotopic (exact) mass is 299 g/mol. The molecule has 5 heteroatoms. The largest absolute Gasteiger partial charge is 0.504 e. The molecule has 0 saturated carbocycles. The van der Waals surface area contributed by atoms with Crippen LogP contribution >= 0.6 is 0 Å². The van der Waals surface area contributed by atoms with Gasteiger partial charge in [0.15, 0.2) is 11.5 Å². The fourth-order valence-electron chi connectivity index (χ4n) is 1.87. The average Bonchev–Trinajstić information content (AvgIpc) is 2.53. The minimum Gasteiger partial charge on any atom is -0.504 e. The molecule has 2 rings (SSSR count). The van der Waals surface area contributed by atoms with Crippen molar-refractivity contribution in [3.8, 4) is 17.2 Å². The van der Waals surface area contributed by atoms with Crippen molar-refractivity contribution in [1.29, 1.82) is 0 Å². The van der Waals surface area contributed by atoms with Crippen molar-refractivity contribution in [2.45, 2.75) is 0 Å². The van der Waals surface area contributed by atoms with E-state index in [-0.39, 0.29) is 11.7 Å². The molecule has 0 saturated heterocycles. The van der Waals surface area contributed by atoms with E-state index >= 15 is 0 Å². The lowest BCUT2D eigenvalue weighted by Gasteiger charge is -2.05. The topological polar surface area (TPSA) is 67.8 Å². The number of carbonyl (C=O) groups excluding carboxylic acids is 1. The van der Waals surface area contributed by atoms with Gasteiger partial charge < -0.3 is 19.9 Å². The normalized spacial score (nSPS) is 10.5. The molecule has 5 nitrogen and oxygen atoms in total. The van der Waals surface area contributed by atoms with Crippen molar-refractivity contribution in [3.05, 3.63) is 54.1 Å². The molecule has 0 aliphatic carbocycles. The SMILES string of the molecule is COc1cccc(NC(=O)/C=C/c2ccc(OC)c(O)c2)c1. The van der Waals surface area contributed by atoms with Crippen LogP contribution in [-0.4, -0.2) is 25.2 Å². The van der Waals surface area contributed by atoms with Crippen LogP contribution < -0.4 is 14.8 Å². The van der Waals surface area contributed by atoms with Gasteiger partial charge in [-0.1, -0.05) is 12.1 Å². The van der Waals surface area contributed by atoms with Crippen LogP contribution in [0.25, 0.3) is 6.08 Å². The lowest BCUT2D eigenvalue weighted by molar-refractivity contribution is -0.111. The highest BCUT2D eigenvalue weighted by molar-refractivity contribution is 6.02. The number of phenolic OH excluding ortho intramolecular Hbond substituents is 1. The number of amides is 1. The molecule has 0 fully saturated rings. The highest BCUT2D eigenvalue weighted by Crippen LogP contribution is 2.26. The summed E-state index contributed by atoms with van der Waals surface area (Å²) < 4.78 is 10.1. The maximum absolute atomic E-state index is 11.9. The second-order valence-electron chi connectivity index (χ2n) is 4.49. The Morgan fingerprint density at radius 1 is 1.14 bits per heavy atom. The summed E-state index contributed by atoms with van der Waals surface area (Å²) in [4.78, 5) is 11.9. The Labute approximate surface area is 128 Å². The Hall–Kier alpha value is -2.95. The molecule has 0 aromatic heterocycles. The summed E-state index contributed by atoms with van der Waals surface area (Å²) in [6.07, 6.45) is 3.00. The van der Waals surface area contributed by atoms with Gasteiger partial charge in [-0.3, -0.25) is 4.79 Å². The first-order chi connectivity index (χ1) is 10.6. The van der Waals surface area contributed by atoms with Crippen LogP contribution in [-0.2, 0) is 4.79 Å². The predicted octanol–water partition coefficient (Wildman–Crippen LogP) is 3.06. The summed E-state index contributed by atoms with van der Waals surface area (Å²) in [6, 6.07) is 12.0. The first kappa shape index (κ1) is 15.4. The Bertz CT molecular complexity index is 695. The van der Waals surface area contributed by atoms with Gasteiger partial charge in [0.1, 0.15) is 5.75 Å². The fourth-order valence-corrected chi connectivity index (χ4v) is 1.87. The van der Waals surface area contributed by atoms with E-state index < -0.39 is 0 Å². The number of phenols is 1. The van der Waals surface area contributed by atoms with Crippen molar-refractivity contribution >= 4 is 17.7 Å². The molecule has 0 spiro atoms. The van der Waals surface area contributed by atoms with E-state index in [1.165, 1.54) is 19.3 Å². The molecule has 0 heterocycles. The Kier molecular flexibility index (Phi) is 5.03. The van der Waals surface area contributed by atoms with E-state index in [0.29, 0.717) is 22.7 Å². The summed E-state index contributed by atoms with van der Waals surface area (Å²) >= 11 is 0. The zero-order valence-corrected chi connectivity index (χ0v) is 12.4. The standard InChI is InChI=1S/C17H17NO4/c1-21-14-5-3-4-13(11-14)18-17(20)9-7-12-6-8-16(22-2)15(19)10-12/h3-11,19H,1-2H3,(H,18,20)/b9-7+. The Morgan fingerprint density at radius 2 is 1.95 bits per heavy atom. The van der Waals surface area contributed by atoms with Gasteiger partial charge in [-0.05, 0) is 35.9 Å². The van der Waals surface area contributed by atoms with E-state index in [1.807, 2.05) is 0 Å². The summed E-state index contributed by atoms with van der Waals surface area (Å²) in [5, 5.41) is 12.4. The molecule has 0 aliphatic heterocycles. The molecule has 0 bridgehead atoms. The first-order valence-corrected chi connectivity index (χ1v) is 6.62. The first-order valence-electron chi connectivity index (χ1n) is 6.62. The van der Waals surface area contributed by atoms with Crippen molar-refractivity contribution < 1.29 is 19.4 Å². The van der Waals surface area contributed by atoms with Gasteiger partial charge in [0.2, 0.25) is 5.91 Å². The number of hydrogen-bond donors (Lipinski definition) is 2. The Morgan fingerprint density at radius 3 is 2.64 bits per heavy atom. The molecule has 0 aliphatic rings. The molecule has 1 amide bonds. The fraction of sp³-hybridized carbons (Fsp3) is 0.118. The third kappa shape index (κ3) is 4.02. The summed E-state index contributed by atoms with van der Waals surface area (Å²) in [5.41, 5.74) is 1.34. The number of nitrogens with one attached hydrogen (secondary N) is 1. The van der Waals surface area contributed by atoms with Gasteiger partial charge >= 0.3 is 0 Å². The van der Waals surface area contributed by atoms with E-state index in [2.05, 4.69) is 5.32 Å². The minimum atomic E-state index is -0.274. The summed E-state index contributed by atoms with van der Waals surface area (Å²) in [6.45, 7) is 0. The number of carbonyl (C=O) groups is 1.